The van der Waals surface area contributed by atoms with E-state index in [0.29, 0.717) is 23.6 Å². The number of hydrogen-bond acceptors (Lipinski definition) is 3. The van der Waals surface area contributed by atoms with E-state index in [1.165, 1.54) is 0 Å². The molecule has 0 aliphatic heterocycles. The molecule has 4 N–H and O–H groups in total. The monoisotopic (exact) mass is 327 g/mol. The predicted octanol–water partition coefficient (Wildman–Crippen LogP) is 2.92. The summed E-state index contributed by atoms with van der Waals surface area (Å²) >= 11 is 3.31. The second kappa shape index (κ2) is 7.13. The van der Waals surface area contributed by atoms with Crippen molar-refractivity contribution in [2.24, 2.45) is 16.8 Å². The van der Waals surface area contributed by atoms with Crippen LogP contribution in [0.1, 0.15) is 32.3 Å². The molecule has 0 aliphatic carbocycles. The number of hydrogen-bond donors (Lipinski definition) is 3. The molecule has 104 valence electrons. The Morgan fingerprint density at radius 1 is 1.58 bits per heavy atom. The fourth-order valence-electron chi connectivity index (χ4n) is 1.55. The SMILES string of the molecule is CCC(C)CC(=O)Nc1ccc(Br)cc1/C(N)=N/O. The number of carbonyl (C=O) groups is 1. The van der Waals surface area contributed by atoms with Gasteiger partial charge in [0.25, 0.3) is 0 Å². The van der Waals surface area contributed by atoms with Gasteiger partial charge in [0, 0.05) is 16.5 Å². The van der Waals surface area contributed by atoms with Crippen molar-refractivity contribution in [1.82, 2.24) is 0 Å². The minimum atomic E-state index is -0.0799. The van der Waals surface area contributed by atoms with Crippen molar-refractivity contribution < 1.29 is 10.0 Å². The molecule has 0 heterocycles. The van der Waals surface area contributed by atoms with Crippen LogP contribution in [0.3, 0.4) is 0 Å². The Kier molecular flexibility index (Phi) is 5.82. The van der Waals surface area contributed by atoms with E-state index in [1.54, 1.807) is 18.2 Å². The van der Waals surface area contributed by atoms with Crippen molar-refractivity contribution in [2.45, 2.75) is 26.7 Å². The summed E-state index contributed by atoms with van der Waals surface area (Å²) in [5.74, 6) is 0.201. The lowest BCUT2D eigenvalue weighted by atomic mass is 10.0. The third-order valence-electron chi connectivity index (χ3n) is 2.87. The third kappa shape index (κ3) is 4.55. The van der Waals surface area contributed by atoms with Crippen molar-refractivity contribution in [3.05, 3.63) is 28.2 Å². The lowest BCUT2D eigenvalue weighted by Gasteiger charge is -2.12. The van der Waals surface area contributed by atoms with Gasteiger partial charge in [0.15, 0.2) is 5.84 Å². The lowest BCUT2D eigenvalue weighted by Crippen LogP contribution is -2.20. The first-order valence-electron chi connectivity index (χ1n) is 6.05. The number of nitrogens with one attached hydrogen (secondary N) is 1. The maximum Gasteiger partial charge on any atom is 0.224 e. The molecule has 19 heavy (non-hydrogen) atoms. The molecule has 1 amide bonds. The van der Waals surface area contributed by atoms with Crippen LogP contribution < -0.4 is 11.1 Å². The van der Waals surface area contributed by atoms with E-state index in [1.807, 2.05) is 13.8 Å². The van der Waals surface area contributed by atoms with Gasteiger partial charge in [0.05, 0.1) is 5.69 Å². The van der Waals surface area contributed by atoms with Crippen LogP contribution in [0, 0.1) is 5.92 Å². The van der Waals surface area contributed by atoms with Gasteiger partial charge in [-0.15, -0.1) is 0 Å². The number of carbonyl (C=O) groups excluding carboxylic acids is 1. The molecule has 0 saturated heterocycles. The van der Waals surface area contributed by atoms with E-state index in [2.05, 4.69) is 26.4 Å². The molecule has 0 aliphatic rings. The molecule has 1 aromatic rings. The van der Waals surface area contributed by atoms with Crippen molar-refractivity contribution >= 4 is 33.4 Å². The first-order chi connectivity index (χ1) is 8.97. The summed E-state index contributed by atoms with van der Waals surface area (Å²) in [5, 5.41) is 14.5. The topological polar surface area (TPSA) is 87.7 Å². The molecule has 1 atom stereocenters. The van der Waals surface area contributed by atoms with Gasteiger partial charge in [0.1, 0.15) is 0 Å². The minimum absolute atomic E-state index is 0.0415. The fourth-order valence-corrected chi connectivity index (χ4v) is 1.91. The summed E-state index contributed by atoms with van der Waals surface area (Å²) < 4.78 is 0.786. The van der Waals surface area contributed by atoms with E-state index < -0.39 is 0 Å². The van der Waals surface area contributed by atoms with Gasteiger partial charge >= 0.3 is 0 Å². The van der Waals surface area contributed by atoms with Crippen LogP contribution >= 0.6 is 15.9 Å². The van der Waals surface area contributed by atoms with E-state index >= 15 is 0 Å². The second-order valence-electron chi connectivity index (χ2n) is 4.44. The number of halogens is 1. The molecular weight excluding hydrogens is 310 g/mol. The van der Waals surface area contributed by atoms with Gasteiger partial charge in [-0.1, -0.05) is 41.4 Å². The molecule has 0 aromatic heterocycles. The molecule has 0 radical (unpaired) electrons. The standard InChI is InChI=1S/C13H18BrN3O2/c1-3-8(2)6-12(18)16-11-5-4-9(14)7-10(11)13(15)17-19/h4-5,7-8,19H,3,6H2,1-2H3,(H2,15,17)(H,16,18). The largest absolute Gasteiger partial charge is 0.409 e. The summed E-state index contributed by atoms with van der Waals surface area (Å²) in [6.07, 6.45) is 1.39. The van der Waals surface area contributed by atoms with E-state index in [4.69, 9.17) is 10.9 Å². The summed E-state index contributed by atoms with van der Waals surface area (Å²) in [4.78, 5) is 11.9. The van der Waals surface area contributed by atoms with E-state index in [0.717, 1.165) is 10.9 Å². The zero-order valence-corrected chi connectivity index (χ0v) is 12.6. The second-order valence-corrected chi connectivity index (χ2v) is 5.36. The van der Waals surface area contributed by atoms with Gasteiger partial charge in [0.2, 0.25) is 5.91 Å². The minimum Gasteiger partial charge on any atom is -0.409 e. The molecule has 1 unspecified atom stereocenters. The highest BCUT2D eigenvalue weighted by Gasteiger charge is 2.12. The van der Waals surface area contributed by atoms with Crippen LogP contribution in [-0.2, 0) is 4.79 Å². The van der Waals surface area contributed by atoms with Crippen molar-refractivity contribution in [3.8, 4) is 0 Å². The molecular formula is C13H18BrN3O2. The highest BCUT2D eigenvalue weighted by atomic mass is 79.9. The van der Waals surface area contributed by atoms with Crippen LogP contribution in [0.2, 0.25) is 0 Å². The predicted molar refractivity (Wildman–Crippen MR) is 79.4 cm³/mol. The highest BCUT2D eigenvalue weighted by Crippen LogP contribution is 2.21. The Hall–Kier alpha value is -1.56. The zero-order valence-electron chi connectivity index (χ0n) is 11.0. The first-order valence-corrected chi connectivity index (χ1v) is 6.84. The van der Waals surface area contributed by atoms with Crippen molar-refractivity contribution in [3.63, 3.8) is 0 Å². The number of anilines is 1. The van der Waals surface area contributed by atoms with Gasteiger partial charge < -0.3 is 16.3 Å². The number of amides is 1. The number of nitrogens with two attached hydrogens (primary N) is 1. The Morgan fingerprint density at radius 3 is 2.84 bits per heavy atom. The van der Waals surface area contributed by atoms with Gasteiger partial charge in [-0.2, -0.15) is 0 Å². The maximum absolute atomic E-state index is 11.9. The fraction of sp³-hybridized carbons (Fsp3) is 0.385. The smallest absolute Gasteiger partial charge is 0.224 e. The average Bonchev–Trinajstić information content (AvgIpc) is 2.39. The lowest BCUT2D eigenvalue weighted by molar-refractivity contribution is -0.117. The number of nitrogens with zero attached hydrogens (tertiary/aromatic N) is 1. The molecule has 1 aromatic carbocycles. The molecule has 1 rings (SSSR count). The molecule has 0 fully saturated rings. The van der Waals surface area contributed by atoms with Crippen molar-refractivity contribution in [1.29, 1.82) is 0 Å². The van der Waals surface area contributed by atoms with E-state index in [9.17, 15) is 4.79 Å². The van der Waals surface area contributed by atoms with Gasteiger partial charge in [-0.05, 0) is 24.1 Å². The highest BCUT2D eigenvalue weighted by molar-refractivity contribution is 9.10. The molecule has 5 nitrogen and oxygen atoms in total. The van der Waals surface area contributed by atoms with Gasteiger partial charge in [-0.25, -0.2) is 0 Å². The normalized spacial score (nSPS) is 13.1. The molecule has 0 saturated carbocycles. The van der Waals surface area contributed by atoms with Crippen LogP contribution in [0.5, 0.6) is 0 Å². The Balaban J connectivity index is 2.92. The molecule has 0 bridgehead atoms. The number of benzene rings is 1. The number of oxime groups is 1. The average molecular weight is 328 g/mol. The summed E-state index contributed by atoms with van der Waals surface area (Å²) in [6, 6.07) is 5.19. The molecule has 0 spiro atoms. The summed E-state index contributed by atoms with van der Waals surface area (Å²) in [6.45, 7) is 4.06. The first kappa shape index (κ1) is 15.5. The molecule has 6 heteroatoms. The quantitative estimate of drug-likeness (QED) is 0.336. The van der Waals surface area contributed by atoms with Crippen LogP contribution in [0.4, 0.5) is 5.69 Å². The number of amidine groups is 1. The van der Waals surface area contributed by atoms with Gasteiger partial charge in [-0.3, -0.25) is 4.79 Å². The number of rotatable bonds is 5. The summed E-state index contributed by atoms with van der Waals surface area (Å²) in [5.41, 5.74) is 6.61. The Morgan fingerprint density at radius 2 is 2.26 bits per heavy atom. The maximum atomic E-state index is 11.9. The van der Waals surface area contributed by atoms with Crippen LogP contribution in [0.15, 0.2) is 27.8 Å². The van der Waals surface area contributed by atoms with E-state index in [-0.39, 0.29) is 11.7 Å². The summed E-state index contributed by atoms with van der Waals surface area (Å²) in [7, 11) is 0. The zero-order chi connectivity index (χ0) is 14.4. The Labute approximate surface area is 121 Å². The Bertz CT molecular complexity index is 489. The van der Waals surface area contributed by atoms with Crippen LogP contribution in [0.25, 0.3) is 0 Å². The third-order valence-corrected chi connectivity index (χ3v) is 3.36. The van der Waals surface area contributed by atoms with Crippen molar-refractivity contribution in [2.75, 3.05) is 5.32 Å². The van der Waals surface area contributed by atoms with Crippen LogP contribution in [-0.4, -0.2) is 17.0 Å².